The molecule has 0 atom stereocenters. The van der Waals surface area contributed by atoms with Crippen molar-refractivity contribution >= 4 is 27.2 Å². The highest BCUT2D eigenvalue weighted by Crippen LogP contribution is 2.41. The Morgan fingerprint density at radius 3 is 2.60 bits per heavy atom. The Labute approximate surface area is 179 Å². The number of benzene rings is 1. The van der Waals surface area contributed by atoms with Gasteiger partial charge in [0.05, 0.1) is 30.0 Å². The van der Waals surface area contributed by atoms with Crippen LogP contribution in [0.1, 0.15) is 38.1 Å². The van der Waals surface area contributed by atoms with Crippen molar-refractivity contribution in [2.24, 2.45) is 0 Å². The molecule has 0 amide bonds. The van der Waals surface area contributed by atoms with Crippen molar-refractivity contribution < 1.29 is 14.8 Å². The number of thiophene rings is 1. The zero-order chi connectivity index (χ0) is 21.3. The first-order chi connectivity index (χ1) is 14.2. The van der Waals surface area contributed by atoms with Crippen LogP contribution in [0.4, 0.5) is 0 Å². The number of quaternary nitrogens is 1. The summed E-state index contributed by atoms with van der Waals surface area (Å²) < 4.78 is 12.6. The van der Waals surface area contributed by atoms with Gasteiger partial charge < -0.3 is 14.8 Å². The van der Waals surface area contributed by atoms with E-state index in [9.17, 15) is 0 Å². The quantitative estimate of drug-likeness (QED) is 0.547. The topological polar surface area (TPSA) is 78.2 Å². The minimum absolute atomic E-state index is 0.00560. The fourth-order valence-corrected chi connectivity index (χ4v) is 6.02. The first-order valence-electron chi connectivity index (χ1n) is 9.99. The zero-order valence-electron chi connectivity index (χ0n) is 18.1. The van der Waals surface area contributed by atoms with Gasteiger partial charge in [0.2, 0.25) is 0 Å². The van der Waals surface area contributed by atoms with Gasteiger partial charge in [-0.15, -0.1) is 16.4 Å². The zero-order valence-corrected chi connectivity index (χ0v) is 18.9. The first kappa shape index (κ1) is 19.3. The Bertz CT molecular complexity index is 1290. The SMILES string of the molecule is COc1ccc(-c2nc3c4c5c(sc4ncn3n2)C(C)(C)[NH2+]C(C)(C)C5)cc1OC. The van der Waals surface area contributed by atoms with Crippen LogP contribution in [0.25, 0.3) is 27.3 Å². The summed E-state index contributed by atoms with van der Waals surface area (Å²) in [5.74, 6) is 1.98. The second-order valence-corrected chi connectivity index (χ2v) is 10.1. The lowest BCUT2D eigenvalue weighted by Crippen LogP contribution is -3.03. The normalized spacial score (nSPS) is 17.3. The molecule has 0 spiro atoms. The van der Waals surface area contributed by atoms with E-state index in [4.69, 9.17) is 24.5 Å². The number of nitrogens with zero attached hydrogens (tertiary/aromatic N) is 4. The van der Waals surface area contributed by atoms with Gasteiger partial charge in [-0.25, -0.2) is 14.5 Å². The van der Waals surface area contributed by atoms with Crippen LogP contribution in [0.15, 0.2) is 24.5 Å². The highest BCUT2D eigenvalue weighted by molar-refractivity contribution is 7.19. The molecule has 4 aromatic rings. The molecule has 7 nitrogen and oxygen atoms in total. The van der Waals surface area contributed by atoms with Crippen LogP contribution in [0.5, 0.6) is 11.5 Å². The van der Waals surface area contributed by atoms with E-state index in [1.54, 1.807) is 36.4 Å². The van der Waals surface area contributed by atoms with E-state index in [0.29, 0.717) is 17.3 Å². The molecular formula is C22H26N5O2S+. The first-order valence-corrected chi connectivity index (χ1v) is 10.8. The summed E-state index contributed by atoms with van der Waals surface area (Å²) in [4.78, 5) is 12.1. The van der Waals surface area contributed by atoms with Crippen LogP contribution in [0.3, 0.4) is 0 Å². The van der Waals surface area contributed by atoms with Gasteiger partial charge in [0, 0.05) is 12.0 Å². The standard InChI is InChI=1S/C22H25N5O2S/c1-21(2)10-13-16-19-24-18(12-7-8-14(28-5)15(9-12)29-6)25-27(19)11-23-20(16)30-17(13)22(3,4)26-21/h7-9,11,26H,10H2,1-6H3/p+1. The number of fused-ring (bicyclic) bond motifs is 5. The van der Waals surface area contributed by atoms with Gasteiger partial charge in [-0.05, 0) is 51.5 Å². The maximum absolute atomic E-state index is 5.45. The molecule has 0 saturated heterocycles. The molecule has 0 unspecified atom stereocenters. The summed E-state index contributed by atoms with van der Waals surface area (Å²) >= 11 is 1.78. The molecule has 2 N–H and O–H groups in total. The van der Waals surface area contributed by atoms with Crippen molar-refractivity contribution in [1.82, 2.24) is 19.6 Å². The van der Waals surface area contributed by atoms with Crippen LogP contribution in [-0.2, 0) is 12.0 Å². The van der Waals surface area contributed by atoms with Gasteiger partial charge >= 0.3 is 0 Å². The number of rotatable bonds is 3. The monoisotopic (exact) mass is 424 g/mol. The molecule has 5 rings (SSSR count). The van der Waals surface area contributed by atoms with Gasteiger partial charge in [-0.2, -0.15) is 0 Å². The molecule has 3 aromatic heterocycles. The van der Waals surface area contributed by atoms with Gasteiger partial charge in [0.25, 0.3) is 0 Å². The summed E-state index contributed by atoms with van der Waals surface area (Å²) in [6.07, 6.45) is 2.74. The molecule has 0 saturated carbocycles. The van der Waals surface area contributed by atoms with E-state index in [2.05, 4.69) is 33.0 Å². The number of methoxy groups -OCH3 is 2. The summed E-state index contributed by atoms with van der Waals surface area (Å²) in [6.45, 7) is 9.18. The molecular weight excluding hydrogens is 398 g/mol. The highest BCUT2D eigenvalue weighted by Gasteiger charge is 2.43. The molecule has 1 aliphatic rings. The van der Waals surface area contributed by atoms with E-state index >= 15 is 0 Å². The Morgan fingerprint density at radius 1 is 1.10 bits per heavy atom. The molecule has 1 aliphatic heterocycles. The number of aromatic nitrogens is 4. The Balaban J connectivity index is 1.73. The molecule has 0 radical (unpaired) electrons. The Kier molecular flexibility index (Phi) is 4.10. The van der Waals surface area contributed by atoms with Crippen LogP contribution < -0.4 is 14.8 Å². The second kappa shape index (κ2) is 6.39. The maximum atomic E-state index is 5.45. The van der Waals surface area contributed by atoms with Gasteiger partial charge in [0.1, 0.15) is 16.7 Å². The van der Waals surface area contributed by atoms with Crippen LogP contribution >= 0.6 is 11.3 Å². The van der Waals surface area contributed by atoms with Gasteiger partial charge in [0.15, 0.2) is 23.0 Å². The van der Waals surface area contributed by atoms with Gasteiger partial charge in [-0.3, -0.25) is 0 Å². The predicted molar refractivity (Wildman–Crippen MR) is 117 cm³/mol. The summed E-state index contributed by atoms with van der Waals surface area (Å²) in [6, 6.07) is 5.73. The van der Waals surface area contributed by atoms with Crippen molar-refractivity contribution in [2.45, 2.75) is 45.2 Å². The van der Waals surface area contributed by atoms with E-state index < -0.39 is 0 Å². The van der Waals surface area contributed by atoms with Crippen molar-refractivity contribution in [3.8, 4) is 22.9 Å². The van der Waals surface area contributed by atoms with Crippen LogP contribution in [-0.4, -0.2) is 39.3 Å². The number of hydrogen-bond acceptors (Lipinski definition) is 6. The molecule has 1 aromatic carbocycles. The van der Waals surface area contributed by atoms with Crippen LogP contribution in [0, 0.1) is 0 Å². The number of nitrogens with two attached hydrogens (primary N) is 1. The predicted octanol–water partition coefficient (Wildman–Crippen LogP) is 3.16. The molecule has 30 heavy (non-hydrogen) atoms. The Hall–Kier alpha value is -2.71. The van der Waals surface area contributed by atoms with E-state index in [1.165, 1.54) is 10.4 Å². The largest absolute Gasteiger partial charge is 0.493 e. The third kappa shape index (κ3) is 2.86. The second-order valence-electron chi connectivity index (χ2n) is 9.14. The van der Waals surface area contributed by atoms with E-state index in [1.807, 2.05) is 18.2 Å². The lowest BCUT2D eigenvalue weighted by atomic mass is 9.82. The third-order valence-electron chi connectivity index (χ3n) is 5.74. The van der Waals surface area contributed by atoms with Crippen LogP contribution in [0.2, 0.25) is 0 Å². The summed E-state index contributed by atoms with van der Waals surface area (Å²) in [7, 11) is 3.26. The molecule has 0 bridgehead atoms. The highest BCUT2D eigenvalue weighted by atomic mass is 32.1. The van der Waals surface area contributed by atoms with Crippen molar-refractivity contribution in [3.63, 3.8) is 0 Å². The summed E-state index contributed by atoms with van der Waals surface area (Å²) in [5, 5.41) is 8.31. The smallest absolute Gasteiger partial charge is 0.182 e. The lowest BCUT2D eigenvalue weighted by Gasteiger charge is -2.38. The summed E-state index contributed by atoms with van der Waals surface area (Å²) in [5.41, 5.74) is 3.21. The maximum Gasteiger partial charge on any atom is 0.182 e. The Morgan fingerprint density at radius 2 is 1.87 bits per heavy atom. The van der Waals surface area contributed by atoms with Crippen molar-refractivity contribution in [1.29, 1.82) is 0 Å². The number of hydrogen-bond donors (Lipinski definition) is 1. The number of ether oxygens (including phenoxy) is 2. The fraction of sp³-hybridized carbons (Fsp3) is 0.409. The minimum atomic E-state index is 0.00560. The average molecular weight is 425 g/mol. The van der Waals surface area contributed by atoms with Crippen molar-refractivity contribution in [3.05, 3.63) is 35.0 Å². The van der Waals surface area contributed by atoms with E-state index in [0.717, 1.165) is 27.8 Å². The van der Waals surface area contributed by atoms with Crippen molar-refractivity contribution in [2.75, 3.05) is 14.2 Å². The fourth-order valence-electron chi connectivity index (χ4n) is 4.79. The van der Waals surface area contributed by atoms with Gasteiger partial charge in [-0.1, -0.05) is 0 Å². The van der Waals surface area contributed by atoms with E-state index in [-0.39, 0.29) is 11.1 Å². The molecule has 0 aliphatic carbocycles. The third-order valence-corrected chi connectivity index (χ3v) is 7.22. The average Bonchev–Trinajstić information content (AvgIpc) is 3.27. The molecule has 4 heterocycles. The lowest BCUT2D eigenvalue weighted by molar-refractivity contribution is -0.789. The molecule has 8 heteroatoms. The minimum Gasteiger partial charge on any atom is -0.493 e. The molecule has 0 fully saturated rings. The molecule has 156 valence electrons.